The molecule has 0 bridgehead atoms. The molecule has 7 heteroatoms. The van der Waals surface area contributed by atoms with Crippen molar-refractivity contribution in [2.24, 2.45) is 0 Å². The topological polar surface area (TPSA) is 67.8 Å². The number of benzene rings is 2. The lowest BCUT2D eigenvalue weighted by atomic mass is 9.76. The molecule has 4 rings (SSSR count). The Morgan fingerprint density at radius 3 is 2.64 bits per heavy atom. The Morgan fingerprint density at radius 2 is 2.00 bits per heavy atom. The number of hydrogen-bond donors (Lipinski definition) is 2. The lowest BCUT2D eigenvalue weighted by Gasteiger charge is -2.42. The average Bonchev–Trinajstić information content (AvgIpc) is 2.64. The summed E-state index contributed by atoms with van der Waals surface area (Å²) in [5.41, 5.74) is 0.989. The first-order valence-corrected chi connectivity index (χ1v) is 10.0. The number of nitrogens with one attached hydrogen (secondary N) is 1. The number of halogens is 2. The molecule has 28 heavy (non-hydrogen) atoms. The second-order valence-corrected chi connectivity index (χ2v) is 8.17. The van der Waals surface area contributed by atoms with Crippen molar-refractivity contribution in [1.29, 1.82) is 0 Å². The van der Waals surface area contributed by atoms with Crippen molar-refractivity contribution in [1.82, 2.24) is 5.32 Å². The van der Waals surface area contributed by atoms with Crippen LogP contribution in [0.15, 0.2) is 36.4 Å². The lowest BCUT2D eigenvalue weighted by Crippen LogP contribution is -2.62. The highest BCUT2D eigenvalue weighted by atomic mass is 35.5. The summed E-state index contributed by atoms with van der Waals surface area (Å²) in [6, 6.07) is 11.0. The number of rotatable bonds is 6. The molecule has 2 N–H and O–H groups in total. The Morgan fingerprint density at radius 1 is 1.25 bits per heavy atom. The summed E-state index contributed by atoms with van der Waals surface area (Å²) < 4.78 is 11.7. The number of aliphatic carboxylic acids is 1. The van der Waals surface area contributed by atoms with Gasteiger partial charge in [-0.25, -0.2) is 0 Å². The van der Waals surface area contributed by atoms with E-state index in [4.69, 9.17) is 32.7 Å². The maximum absolute atomic E-state index is 11.6. The molecule has 2 aliphatic rings. The van der Waals surface area contributed by atoms with Crippen LogP contribution in [0.5, 0.6) is 11.5 Å². The first-order chi connectivity index (χ1) is 13.5. The molecular formula is C21H21Cl2NO4. The van der Waals surface area contributed by atoms with Crippen LogP contribution in [0.25, 0.3) is 0 Å². The number of carbonyl (C=O) groups is 1. The summed E-state index contributed by atoms with van der Waals surface area (Å²) in [6.45, 7) is 0.699. The van der Waals surface area contributed by atoms with Gasteiger partial charge in [0.15, 0.2) is 0 Å². The molecule has 1 atom stereocenters. The minimum Gasteiger partial charge on any atom is -0.492 e. The molecule has 0 spiro atoms. The number of fused-ring (bicyclic) bond motifs is 1. The molecular weight excluding hydrogens is 401 g/mol. The molecule has 0 amide bonds. The summed E-state index contributed by atoms with van der Waals surface area (Å²) in [6.07, 6.45) is 3.01. The molecule has 1 fully saturated rings. The summed E-state index contributed by atoms with van der Waals surface area (Å²) in [4.78, 5) is 11.6. The van der Waals surface area contributed by atoms with E-state index in [-0.39, 0.29) is 12.6 Å². The Kier molecular flexibility index (Phi) is 5.41. The fraction of sp³-hybridized carbons (Fsp3) is 0.381. The van der Waals surface area contributed by atoms with Crippen molar-refractivity contribution in [2.75, 3.05) is 6.61 Å². The van der Waals surface area contributed by atoms with Gasteiger partial charge in [0, 0.05) is 27.7 Å². The highest BCUT2D eigenvalue weighted by Crippen LogP contribution is 2.35. The fourth-order valence-electron chi connectivity index (χ4n) is 3.70. The van der Waals surface area contributed by atoms with Crippen LogP contribution in [0.1, 0.15) is 30.4 Å². The predicted molar refractivity (Wildman–Crippen MR) is 108 cm³/mol. The average molecular weight is 422 g/mol. The Balaban J connectivity index is 1.41. The van der Waals surface area contributed by atoms with Crippen molar-refractivity contribution in [2.45, 2.75) is 43.9 Å². The minimum atomic E-state index is -0.789. The zero-order chi connectivity index (χ0) is 19.7. The van der Waals surface area contributed by atoms with Crippen molar-refractivity contribution in [3.63, 3.8) is 0 Å². The number of ether oxygens (including phenoxy) is 2. The van der Waals surface area contributed by atoms with E-state index < -0.39 is 11.5 Å². The molecule has 0 radical (unpaired) electrons. The van der Waals surface area contributed by atoms with Crippen LogP contribution in [-0.2, 0) is 17.8 Å². The van der Waals surface area contributed by atoms with E-state index in [1.165, 1.54) is 0 Å². The minimum absolute atomic E-state index is 0.0161. The van der Waals surface area contributed by atoms with Gasteiger partial charge in [0.05, 0.1) is 0 Å². The maximum Gasteiger partial charge on any atom is 0.323 e. The van der Waals surface area contributed by atoms with E-state index in [0.717, 1.165) is 29.7 Å². The molecule has 1 aliphatic heterocycles. The molecule has 1 aliphatic carbocycles. The molecule has 0 saturated heterocycles. The Hall–Kier alpha value is -1.95. The van der Waals surface area contributed by atoms with E-state index >= 15 is 0 Å². The Bertz CT molecular complexity index is 878. The summed E-state index contributed by atoms with van der Waals surface area (Å²) in [7, 11) is 0. The molecule has 1 unspecified atom stereocenters. The van der Waals surface area contributed by atoms with Crippen LogP contribution in [0.2, 0.25) is 10.0 Å². The van der Waals surface area contributed by atoms with Crippen LogP contribution in [0, 0.1) is 0 Å². The van der Waals surface area contributed by atoms with Crippen LogP contribution in [-0.4, -0.2) is 29.3 Å². The molecule has 2 aromatic carbocycles. The van der Waals surface area contributed by atoms with Crippen LogP contribution >= 0.6 is 23.2 Å². The van der Waals surface area contributed by atoms with E-state index in [9.17, 15) is 9.90 Å². The Labute approximate surface area is 173 Å². The molecule has 1 heterocycles. The van der Waals surface area contributed by atoms with Gasteiger partial charge in [-0.05, 0) is 49.4 Å². The molecule has 0 aromatic heterocycles. The standard InChI is InChI=1S/C21H21Cl2NO4/c22-17-3-1-4-18(23)16(17)12-27-15-6-5-13-9-14(11-28-19(13)10-15)24-21(20(25)26)7-2-8-21/h1,3-6,10,14,24H,2,7-9,11-12H2,(H,25,26). The second kappa shape index (κ2) is 7.82. The zero-order valence-electron chi connectivity index (χ0n) is 15.2. The van der Waals surface area contributed by atoms with E-state index in [0.29, 0.717) is 35.2 Å². The SMILES string of the molecule is O=C(O)C1(NC2COc3cc(OCc4c(Cl)cccc4Cl)ccc3C2)CCC1. The van der Waals surface area contributed by atoms with Gasteiger partial charge < -0.3 is 14.6 Å². The van der Waals surface area contributed by atoms with Gasteiger partial charge in [-0.2, -0.15) is 0 Å². The smallest absolute Gasteiger partial charge is 0.323 e. The third-order valence-electron chi connectivity index (χ3n) is 5.49. The van der Waals surface area contributed by atoms with E-state index in [1.54, 1.807) is 18.2 Å². The maximum atomic E-state index is 11.6. The van der Waals surface area contributed by atoms with Gasteiger partial charge in [-0.1, -0.05) is 35.3 Å². The largest absolute Gasteiger partial charge is 0.492 e. The first kappa shape index (κ1) is 19.4. The van der Waals surface area contributed by atoms with E-state index in [2.05, 4.69) is 5.32 Å². The van der Waals surface area contributed by atoms with E-state index in [1.807, 2.05) is 18.2 Å². The number of carboxylic acid groups (broad SMARTS) is 1. The zero-order valence-corrected chi connectivity index (χ0v) is 16.7. The first-order valence-electron chi connectivity index (χ1n) is 9.29. The van der Waals surface area contributed by atoms with Gasteiger partial charge in [0.25, 0.3) is 0 Å². The lowest BCUT2D eigenvalue weighted by molar-refractivity contribution is -0.149. The second-order valence-electron chi connectivity index (χ2n) is 7.36. The van der Waals surface area contributed by atoms with Crippen molar-refractivity contribution >= 4 is 29.2 Å². The molecule has 2 aromatic rings. The van der Waals surface area contributed by atoms with Crippen LogP contribution in [0.3, 0.4) is 0 Å². The third-order valence-corrected chi connectivity index (χ3v) is 6.19. The highest BCUT2D eigenvalue weighted by molar-refractivity contribution is 6.35. The summed E-state index contributed by atoms with van der Waals surface area (Å²) in [5, 5.41) is 13.9. The third kappa shape index (κ3) is 3.79. The number of carboxylic acids is 1. The van der Waals surface area contributed by atoms with Gasteiger partial charge in [0.2, 0.25) is 0 Å². The molecule has 148 valence electrons. The van der Waals surface area contributed by atoms with Crippen molar-refractivity contribution < 1.29 is 19.4 Å². The predicted octanol–water partition coefficient (Wildman–Crippen LogP) is 4.47. The quantitative estimate of drug-likeness (QED) is 0.719. The number of hydrogen-bond acceptors (Lipinski definition) is 4. The van der Waals surface area contributed by atoms with Crippen molar-refractivity contribution in [3.05, 3.63) is 57.6 Å². The monoisotopic (exact) mass is 421 g/mol. The van der Waals surface area contributed by atoms with Gasteiger partial charge in [0.1, 0.15) is 30.3 Å². The highest BCUT2D eigenvalue weighted by Gasteiger charge is 2.46. The van der Waals surface area contributed by atoms with Gasteiger partial charge in [-0.3, -0.25) is 10.1 Å². The van der Waals surface area contributed by atoms with Gasteiger partial charge in [-0.15, -0.1) is 0 Å². The fourth-order valence-corrected chi connectivity index (χ4v) is 4.21. The van der Waals surface area contributed by atoms with Crippen LogP contribution in [0.4, 0.5) is 0 Å². The van der Waals surface area contributed by atoms with Crippen LogP contribution < -0.4 is 14.8 Å². The summed E-state index contributed by atoms with van der Waals surface area (Å²) >= 11 is 12.4. The molecule has 1 saturated carbocycles. The molecule has 5 nitrogen and oxygen atoms in total. The summed E-state index contributed by atoms with van der Waals surface area (Å²) in [5.74, 6) is 0.660. The normalized spacial score (nSPS) is 19.9. The van der Waals surface area contributed by atoms with Gasteiger partial charge >= 0.3 is 5.97 Å². The van der Waals surface area contributed by atoms with Crippen molar-refractivity contribution in [3.8, 4) is 11.5 Å².